The fourth-order valence-electron chi connectivity index (χ4n) is 3.00. The number of anilines is 1. The van der Waals surface area contributed by atoms with Crippen LogP contribution in [0.2, 0.25) is 10.0 Å². The minimum Gasteiger partial charge on any atom is -0.319 e. The maximum Gasteiger partial charge on any atom is 0.295 e. The average molecular weight is 516 g/mol. The minimum absolute atomic E-state index is 0.0450. The molecule has 4 rings (SSSR count). The first kappa shape index (κ1) is 21.6. The predicted molar refractivity (Wildman–Crippen MR) is 128 cm³/mol. The van der Waals surface area contributed by atoms with E-state index in [0.717, 1.165) is 16.5 Å². The third-order valence-electron chi connectivity index (χ3n) is 4.68. The van der Waals surface area contributed by atoms with Crippen LogP contribution in [0.1, 0.15) is 23.1 Å². The summed E-state index contributed by atoms with van der Waals surface area (Å²) in [5, 5.41) is 8.13. The molecule has 0 atom stereocenters. The second-order valence-corrected chi connectivity index (χ2v) is 8.51. The van der Waals surface area contributed by atoms with E-state index in [0.29, 0.717) is 27.2 Å². The molecule has 8 heteroatoms. The Morgan fingerprint density at radius 3 is 2.35 bits per heavy atom. The summed E-state index contributed by atoms with van der Waals surface area (Å²) < 4.78 is 2.52. The normalized spacial score (nSPS) is 10.8. The SMILES string of the molecule is CCc1ccc(NC(=O)c2nc(-c3ccc(Br)cc3)n(-c3ccc(Cl)c(Cl)c3)n2)cc1. The first-order valence-corrected chi connectivity index (χ1v) is 11.1. The van der Waals surface area contributed by atoms with Crippen LogP contribution in [-0.2, 0) is 6.42 Å². The number of hydrogen-bond acceptors (Lipinski definition) is 3. The predicted octanol–water partition coefficient (Wildman–Crippen LogP) is 6.82. The topological polar surface area (TPSA) is 59.8 Å². The lowest BCUT2D eigenvalue weighted by Crippen LogP contribution is -2.14. The van der Waals surface area contributed by atoms with Crippen molar-refractivity contribution >= 4 is 50.7 Å². The van der Waals surface area contributed by atoms with Gasteiger partial charge in [-0.15, -0.1) is 5.10 Å². The highest BCUT2D eigenvalue weighted by Crippen LogP contribution is 2.28. The smallest absolute Gasteiger partial charge is 0.295 e. The Bertz CT molecular complexity index is 1240. The van der Waals surface area contributed by atoms with Gasteiger partial charge in [-0.05, 0) is 54.4 Å². The van der Waals surface area contributed by atoms with E-state index in [-0.39, 0.29) is 5.82 Å². The summed E-state index contributed by atoms with van der Waals surface area (Å²) >= 11 is 15.7. The summed E-state index contributed by atoms with van der Waals surface area (Å²) in [6.45, 7) is 2.08. The van der Waals surface area contributed by atoms with Crippen LogP contribution in [0.3, 0.4) is 0 Å². The number of amides is 1. The van der Waals surface area contributed by atoms with Gasteiger partial charge in [-0.25, -0.2) is 9.67 Å². The number of carbonyl (C=O) groups excluding carboxylic acids is 1. The van der Waals surface area contributed by atoms with E-state index in [1.807, 2.05) is 48.5 Å². The van der Waals surface area contributed by atoms with E-state index in [2.05, 4.69) is 38.3 Å². The highest BCUT2D eigenvalue weighted by Gasteiger charge is 2.19. The maximum atomic E-state index is 12.9. The van der Waals surface area contributed by atoms with Crippen LogP contribution >= 0.6 is 39.1 Å². The molecule has 0 aliphatic rings. The Labute approximate surface area is 198 Å². The molecule has 0 aliphatic heterocycles. The van der Waals surface area contributed by atoms with Crippen molar-refractivity contribution in [3.63, 3.8) is 0 Å². The van der Waals surface area contributed by atoms with Crippen LogP contribution < -0.4 is 5.32 Å². The number of halogens is 3. The highest BCUT2D eigenvalue weighted by atomic mass is 79.9. The molecule has 31 heavy (non-hydrogen) atoms. The zero-order chi connectivity index (χ0) is 22.0. The summed E-state index contributed by atoms with van der Waals surface area (Å²) in [6, 6.07) is 20.4. The van der Waals surface area contributed by atoms with E-state index >= 15 is 0 Å². The van der Waals surface area contributed by atoms with Crippen LogP contribution in [-0.4, -0.2) is 20.7 Å². The van der Waals surface area contributed by atoms with Gasteiger partial charge in [0.1, 0.15) is 0 Å². The van der Waals surface area contributed by atoms with Gasteiger partial charge >= 0.3 is 0 Å². The van der Waals surface area contributed by atoms with Gasteiger partial charge in [0, 0.05) is 15.7 Å². The van der Waals surface area contributed by atoms with Crippen molar-refractivity contribution in [3.05, 3.63) is 92.6 Å². The highest BCUT2D eigenvalue weighted by molar-refractivity contribution is 9.10. The number of aryl methyl sites for hydroxylation is 1. The first-order valence-electron chi connectivity index (χ1n) is 9.53. The summed E-state index contributed by atoms with van der Waals surface area (Å²) in [5.74, 6) is 0.155. The molecule has 0 unspecified atom stereocenters. The van der Waals surface area contributed by atoms with Gasteiger partial charge in [0.2, 0.25) is 5.82 Å². The molecule has 0 spiro atoms. The van der Waals surface area contributed by atoms with Crippen molar-refractivity contribution in [3.8, 4) is 17.1 Å². The third-order valence-corrected chi connectivity index (χ3v) is 5.95. The Hall–Kier alpha value is -2.67. The van der Waals surface area contributed by atoms with Gasteiger partial charge in [-0.3, -0.25) is 4.79 Å². The summed E-state index contributed by atoms with van der Waals surface area (Å²) in [7, 11) is 0. The average Bonchev–Trinajstić information content (AvgIpc) is 3.22. The lowest BCUT2D eigenvalue weighted by atomic mass is 10.1. The van der Waals surface area contributed by atoms with Crippen molar-refractivity contribution in [2.24, 2.45) is 0 Å². The molecule has 0 fully saturated rings. The number of nitrogens with zero attached hydrogens (tertiary/aromatic N) is 3. The second-order valence-electron chi connectivity index (χ2n) is 6.78. The minimum atomic E-state index is -0.401. The molecule has 1 aromatic heterocycles. The van der Waals surface area contributed by atoms with Gasteiger partial charge in [0.05, 0.1) is 15.7 Å². The fraction of sp³-hybridized carbons (Fsp3) is 0.0870. The second kappa shape index (κ2) is 9.22. The van der Waals surface area contributed by atoms with Gasteiger partial charge in [-0.1, -0.05) is 70.3 Å². The molecule has 3 aromatic carbocycles. The molecule has 1 amide bonds. The molecular formula is C23H17BrCl2N4O. The number of carbonyl (C=O) groups is 1. The Kier molecular flexibility index (Phi) is 6.41. The number of hydrogen-bond donors (Lipinski definition) is 1. The maximum absolute atomic E-state index is 12.9. The number of aromatic nitrogens is 3. The molecular weight excluding hydrogens is 499 g/mol. The molecule has 0 saturated heterocycles. The number of rotatable bonds is 5. The molecule has 4 aromatic rings. The summed E-state index contributed by atoms with van der Waals surface area (Å²) in [6.07, 6.45) is 0.931. The van der Waals surface area contributed by atoms with E-state index in [1.165, 1.54) is 5.56 Å². The lowest BCUT2D eigenvalue weighted by molar-refractivity contribution is 0.101. The van der Waals surface area contributed by atoms with Gasteiger partial charge in [0.25, 0.3) is 5.91 Å². The van der Waals surface area contributed by atoms with Gasteiger partial charge in [0.15, 0.2) is 5.82 Å². The summed E-state index contributed by atoms with van der Waals surface area (Å²) in [5.41, 5.74) is 3.31. The van der Waals surface area contributed by atoms with Crippen LogP contribution in [0.4, 0.5) is 5.69 Å². The molecule has 5 nitrogen and oxygen atoms in total. The quantitative estimate of drug-likeness (QED) is 0.317. The van der Waals surface area contributed by atoms with E-state index in [4.69, 9.17) is 23.2 Å². The monoisotopic (exact) mass is 514 g/mol. The zero-order valence-corrected chi connectivity index (χ0v) is 19.5. The molecule has 1 N–H and O–H groups in total. The fourth-order valence-corrected chi connectivity index (χ4v) is 3.56. The van der Waals surface area contributed by atoms with Crippen LogP contribution in [0.5, 0.6) is 0 Å². The van der Waals surface area contributed by atoms with E-state index < -0.39 is 5.91 Å². The van der Waals surface area contributed by atoms with Crippen molar-refractivity contribution < 1.29 is 4.79 Å². The van der Waals surface area contributed by atoms with Gasteiger partial charge in [-0.2, -0.15) is 0 Å². The van der Waals surface area contributed by atoms with Crippen LogP contribution in [0.15, 0.2) is 71.2 Å². The van der Waals surface area contributed by atoms with Crippen molar-refractivity contribution in [2.75, 3.05) is 5.32 Å². The lowest BCUT2D eigenvalue weighted by Gasteiger charge is -2.07. The van der Waals surface area contributed by atoms with Crippen LogP contribution in [0.25, 0.3) is 17.1 Å². The largest absolute Gasteiger partial charge is 0.319 e. The molecule has 0 bridgehead atoms. The van der Waals surface area contributed by atoms with Crippen molar-refractivity contribution in [2.45, 2.75) is 13.3 Å². The Morgan fingerprint density at radius 1 is 1.00 bits per heavy atom. The molecule has 1 heterocycles. The summed E-state index contributed by atoms with van der Waals surface area (Å²) in [4.78, 5) is 17.4. The Balaban J connectivity index is 1.73. The van der Waals surface area contributed by atoms with Gasteiger partial charge < -0.3 is 5.32 Å². The molecule has 0 aliphatic carbocycles. The first-order chi connectivity index (χ1) is 14.9. The number of nitrogens with one attached hydrogen (secondary N) is 1. The van der Waals surface area contributed by atoms with Crippen molar-refractivity contribution in [1.29, 1.82) is 0 Å². The van der Waals surface area contributed by atoms with Crippen LogP contribution in [0, 0.1) is 0 Å². The zero-order valence-electron chi connectivity index (χ0n) is 16.4. The molecule has 0 radical (unpaired) electrons. The van der Waals surface area contributed by atoms with Crippen molar-refractivity contribution in [1.82, 2.24) is 14.8 Å². The standard InChI is InChI=1S/C23H17BrCl2N4O/c1-2-14-3-9-17(10-4-14)27-23(31)21-28-22(15-5-7-16(24)8-6-15)30(29-21)18-11-12-19(25)20(26)13-18/h3-13H,2H2,1H3,(H,27,31). The van der Waals surface area contributed by atoms with E-state index in [9.17, 15) is 4.79 Å². The Morgan fingerprint density at radius 2 is 1.71 bits per heavy atom. The molecule has 156 valence electrons. The van der Waals surface area contributed by atoms with E-state index in [1.54, 1.807) is 22.9 Å². The third kappa shape index (κ3) is 4.82. The number of benzene rings is 3. The molecule has 0 saturated carbocycles.